The molecule has 1 aromatic rings. The maximum Gasteiger partial charge on any atom is 0.113 e. The molecule has 1 heterocycles. The lowest BCUT2D eigenvalue weighted by Crippen LogP contribution is -2.54. The molecule has 104 valence electrons. The van der Waals surface area contributed by atoms with E-state index in [9.17, 15) is 5.21 Å². The molecule has 0 amide bonds. The fourth-order valence-corrected chi connectivity index (χ4v) is 2.62. The predicted molar refractivity (Wildman–Crippen MR) is 77.3 cm³/mol. The van der Waals surface area contributed by atoms with Crippen LogP contribution in [0.3, 0.4) is 0 Å². The van der Waals surface area contributed by atoms with Gasteiger partial charge in [-0.05, 0) is 39.3 Å². The van der Waals surface area contributed by atoms with Gasteiger partial charge in [0.15, 0.2) is 0 Å². The average molecular weight is 260 g/mol. The molecule has 2 rings (SSSR count). The summed E-state index contributed by atoms with van der Waals surface area (Å²) >= 11 is 0. The third-order valence-corrected chi connectivity index (χ3v) is 3.46. The lowest BCUT2D eigenvalue weighted by Gasteiger charge is -2.56. The van der Waals surface area contributed by atoms with Gasteiger partial charge in [-0.1, -0.05) is 30.3 Å². The zero-order valence-electron chi connectivity index (χ0n) is 12.1. The van der Waals surface area contributed by atoms with Crippen molar-refractivity contribution in [2.45, 2.75) is 51.8 Å². The molecule has 0 bridgehead atoms. The largest absolute Gasteiger partial charge is 0.784 e. The summed E-state index contributed by atoms with van der Waals surface area (Å²) in [5, 5.41) is 13.4. The molecule has 0 saturated heterocycles. The molecule has 1 aliphatic heterocycles. The van der Waals surface area contributed by atoms with Crippen molar-refractivity contribution >= 4 is 0 Å². The molecule has 19 heavy (non-hydrogen) atoms. The van der Waals surface area contributed by atoms with Crippen molar-refractivity contribution in [3.05, 3.63) is 52.9 Å². The van der Waals surface area contributed by atoms with Crippen LogP contribution in [0.15, 0.2) is 42.2 Å². The molecule has 1 aliphatic rings. The maximum absolute atomic E-state index is 12.2. The summed E-state index contributed by atoms with van der Waals surface area (Å²) in [6.45, 7) is 8.32. The summed E-state index contributed by atoms with van der Waals surface area (Å²) in [7, 11) is 0. The number of ether oxygens (including phenoxy) is 1. The van der Waals surface area contributed by atoms with Crippen molar-refractivity contribution in [3.8, 4) is 0 Å². The fraction of sp³-hybridized carbons (Fsp3) is 0.500. The van der Waals surface area contributed by atoms with Gasteiger partial charge in [0.25, 0.3) is 0 Å². The van der Waals surface area contributed by atoms with Crippen LogP contribution >= 0.6 is 0 Å². The number of nitrogens with zero attached hydrogens (tertiary/aromatic N) is 1. The van der Waals surface area contributed by atoms with Crippen LogP contribution in [0.5, 0.6) is 0 Å². The SMILES string of the molecule is CC1(C)C=C(OCc2ccccc2)CC(C)(C)N1[O-]. The van der Waals surface area contributed by atoms with E-state index in [1.807, 2.05) is 64.1 Å². The molecule has 0 atom stereocenters. The van der Waals surface area contributed by atoms with Crippen molar-refractivity contribution in [1.82, 2.24) is 5.06 Å². The van der Waals surface area contributed by atoms with Crippen molar-refractivity contribution in [1.29, 1.82) is 0 Å². The number of benzene rings is 1. The Kier molecular flexibility index (Phi) is 3.70. The number of hydrogen-bond acceptors (Lipinski definition) is 3. The van der Waals surface area contributed by atoms with Gasteiger partial charge in [-0.15, -0.1) is 0 Å². The van der Waals surface area contributed by atoms with Crippen LogP contribution in [0.2, 0.25) is 0 Å². The Hall–Kier alpha value is -1.32. The van der Waals surface area contributed by atoms with E-state index in [1.165, 1.54) is 0 Å². The minimum absolute atomic E-state index is 0.426. The van der Waals surface area contributed by atoms with E-state index in [0.717, 1.165) is 16.4 Å². The molecule has 3 nitrogen and oxygen atoms in total. The fourth-order valence-electron chi connectivity index (χ4n) is 2.62. The van der Waals surface area contributed by atoms with Crippen LogP contribution in [0, 0.1) is 5.21 Å². The van der Waals surface area contributed by atoms with Gasteiger partial charge in [-0.25, -0.2) is 0 Å². The summed E-state index contributed by atoms with van der Waals surface area (Å²) in [6.07, 6.45) is 2.58. The highest BCUT2D eigenvalue weighted by atomic mass is 16.5. The van der Waals surface area contributed by atoms with Crippen molar-refractivity contribution < 1.29 is 4.74 Å². The standard InChI is InChI=1S/C16H22NO2/c1-15(2)10-14(11-16(3,4)17(15)18)19-12-13-8-6-5-7-9-13/h5-10H,11-12H2,1-4H3/q-1. The number of hydroxylamine groups is 2. The summed E-state index contributed by atoms with van der Waals surface area (Å²) in [6, 6.07) is 10.1. The molecule has 0 aliphatic carbocycles. The third-order valence-electron chi connectivity index (χ3n) is 3.46. The molecule has 0 saturated carbocycles. The second-order valence-electron chi connectivity index (χ2n) is 6.32. The Balaban J connectivity index is 2.09. The monoisotopic (exact) mass is 260 g/mol. The van der Waals surface area contributed by atoms with Gasteiger partial charge in [0, 0.05) is 17.5 Å². The van der Waals surface area contributed by atoms with Gasteiger partial charge in [0.2, 0.25) is 0 Å². The average Bonchev–Trinajstić information content (AvgIpc) is 2.34. The van der Waals surface area contributed by atoms with E-state index in [4.69, 9.17) is 4.74 Å². The molecule has 0 fully saturated rings. The summed E-state index contributed by atoms with van der Waals surface area (Å²) in [5.74, 6) is 0.908. The van der Waals surface area contributed by atoms with Gasteiger partial charge >= 0.3 is 0 Å². The van der Waals surface area contributed by atoms with E-state index in [-0.39, 0.29) is 0 Å². The Morgan fingerprint density at radius 2 is 1.79 bits per heavy atom. The Labute approximate surface area is 115 Å². The number of hydrogen-bond donors (Lipinski definition) is 0. The van der Waals surface area contributed by atoms with Crippen LogP contribution in [0.4, 0.5) is 0 Å². The molecule has 0 N–H and O–H groups in total. The van der Waals surface area contributed by atoms with Gasteiger partial charge in [-0.3, -0.25) is 0 Å². The molecular formula is C16H22NO2-. The van der Waals surface area contributed by atoms with Gasteiger partial charge in [0.05, 0.1) is 5.76 Å². The first-order valence-electron chi connectivity index (χ1n) is 6.67. The maximum atomic E-state index is 12.2. The van der Waals surface area contributed by atoms with Crippen molar-refractivity contribution in [2.24, 2.45) is 0 Å². The second-order valence-corrected chi connectivity index (χ2v) is 6.32. The first-order valence-corrected chi connectivity index (χ1v) is 6.67. The van der Waals surface area contributed by atoms with Crippen molar-refractivity contribution in [2.75, 3.05) is 0 Å². The van der Waals surface area contributed by atoms with Crippen LogP contribution < -0.4 is 0 Å². The summed E-state index contributed by atoms with van der Waals surface area (Å²) in [4.78, 5) is 0. The molecule has 0 spiro atoms. The van der Waals surface area contributed by atoms with Gasteiger partial charge < -0.3 is 15.0 Å². The molecule has 0 unspecified atom stereocenters. The van der Waals surface area contributed by atoms with Crippen LogP contribution in [0.1, 0.15) is 39.7 Å². The van der Waals surface area contributed by atoms with Crippen LogP contribution in [-0.2, 0) is 11.3 Å². The second kappa shape index (κ2) is 4.99. The molecule has 3 heteroatoms. The van der Waals surface area contributed by atoms with E-state index in [2.05, 4.69) is 0 Å². The molecule has 0 aromatic heterocycles. The van der Waals surface area contributed by atoms with E-state index in [0.29, 0.717) is 13.0 Å². The Morgan fingerprint density at radius 1 is 1.16 bits per heavy atom. The lowest BCUT2D eigenvalue weighted by atomic mass is 9.86. The highest BCUT2D eigenvalue weighted by Crippen LogP contribution is 2.36. The van der Waals surface area contributed by atoms with Gasteiger partial charge in [0.1, 0.15) is 6.61 Å². The minimum atomic E-state index is -0.520. The summed E-state index contributed by atoms with van der Waals surface area (Å²) in [5.41, 5.74) is 0.196. The molecule has 1 aromatic carbocycles. The van der Waals surface area contributed by atoms with Crippen LogP contribution in [0.25, 0.3) is 0 Å². The highest BCUT2D eigenvalue weighted by Gasteiger charge is 2.35. The van der Waals surface area contributed by atoms with Gasteiger partial charge in [-0.2, -0.15) is 0 Å². The highest BCUT2D eigenvalue weighted by molar-refractivity contribution is 5.19. The third kappa shape index (κ3) is 3.17. The lowest BCUT2D eigenvalue weighted by molar-refractivity contribution is 0.0511. The first kappa shape index (κ1) is 14.1. The first-order chi connectivity index (χ1) is 8.81. The molecular weight excluding hydrogens is 238 g/mol. The predicted octanol–water partition coefficient (Wildman–Crippen LogP) is 3.85. The van der Waals surface area contributed by atoms with Crippen molar-refractivity contribution in [3.63, 3.8) is 0 Å². The van der Waals surface area contributed by atoms with E-state index >= 15 is 0 Å². The van der Waals surface area contributed by atoms with E-state index < -0.39 is 11.1 Å². The quantitative estimate of drug-likeness (QED) is 0.828. The zero-order valence-corrected chi connectivity index (χ0v) is 12.1. The van der Waals surface area contributed by atoms with E-state index in [1.54, 1.807) is 0 Å². The summed E-state index contributed by atoms with van der Waals surface area (Å²) < 4.78 is 5.88. The van der Waals surface area contributed by atoms with Crippen LogP contribution in [-0.4, -0.2) is 16.1 Å². The smallest absolute Gasteiger partial charge is 0.113 e. The normalized spacial score (nSPS) is 21.8. The zero-order chi connectivity index (χ0) is 14.1. The topological polar surface area (TPSA) is 35.5 Å². The number of rotatable bonds is 3. The molecule has 0 radical (unpaired) electrons. The minimum Gasteiger partial charge on any atom is -0.784 e. The Bertz CT molecular complexity index is 463. The Morgan fingerprint density at radius 3 is 2.37 bits per heavy atom.